The van der Waals surface area contributed by atoms with Gasteiger partial charge in [0.25, 0.3) is 0 Å². The third-order valence-electron chi connectivity index (χ3n) is 6.45. The standard InChI is InChI=1S/C32H34N2/c1-6-8-21-34(20-7-2)29-18-16-26(17-19-29)24(4)32-25(5)28-10-9-11-30(31(22-28)33-32)27-14-12-23(3)13-15-27/h6,9-19,22H,1,4,7-8,20-21H2,2-3,5H3. The molecule has 172 valence electrons. The van der Waals surface area contributed by atoms with Gasteiger partial charge in [-0.25, -0.2) is 4.98 Å². The van der Waals surface area contributed by atoms with Crippen molar-refractivity contribution in [3.63, 3.8) is 0 Å². The number of nitrogens with zero attached hydrogens (tertiary/aromatic N) is 2. The van der Waals surface area contributed by atoms with Gasteiger partial charge in [0, 0.05) is 29.9 Å². The molecule has 4 rings (SSSR count). The monoisotopic (exact) mass is 446 g/mol. The largest absolute Gasteiger partial charge is 0.371 e. The second-order valence-corrected chi connectivity index (χ2v) is 8.97. The zero-order valence-electron chi connectivity index (χ0n) is 20.6. The number of anilines is 1. The Labute approximate surface area is 204 Å². The molecule has 0 N–H and O–H groups in total. The molecular formula is C32H34N2. The Balaban J connectivity index is 1.66. The van der Waals surface area contributed by atoms with Crippen molar-refractivity contribution in [3.05, 3.63) is 125 Å². The molecule has 3 aromatic rings. The number of fused-ring (bicyclic) bond motifs is 2. The van der Waals surface area contributed by atoms with Crippen LogP contribution in [0.3, 0.4) is 0 Å². The number of rotatable bonds is 9. The molecule has 2 heteroatoms. The third-order valence-corrected chi connectivity index (χ3v) is 6.45. The van der Waals surface area contributed by atoms with Gasteiger partial charge in [0.05, 0.1) is 11.4 Å². The molecule has 1 aliphatic rings. The Morgan fingerprint density at radius 2 is 1.74 bits per heavy atom. The van der Waals surface area contributed by atoms with Gasteiger partial charge >= 0.3 is 0 Å². The number of hydrogen-bond donors (Lipinski definition) is 0. The Morgan fingerprint density at radius 3 is 2.41 bits per heavy atom. The van der Waals surface area contributed by atoms with E-state index in [1.54, 1.807) is 0 Å². The van der Waals surface area contributed by atoms with Crippen molar-refractivity contribution in [2.24, 2.45) is 0 Å². The molecule has 2 aromatic carbocycles. The predicted molar refractivity (Wildman–Crippen MR) is 148 cm³/mol. The average Bonchev–Trinajstić information content (AvgIpc) is 3.04. The minimum Gasteiger partial charge on any atom is -0.371 e. The number of pyridine rings is 1. The molecule has 0 amide bonds. The smallest absolute Gasteiger partial charge is 0.0744 e. The topological polar surface area (TPSA) is 16.1 Å². The van der Waals surface area contributed by atoms with Crippen LogP contribution in [0.15, 0.2) is 86.0 Å². The van der Waals surface area contributed by atoms with E-state index in [0.29, 0.717) is 0 Å². The van der Waals surface area contributed by atoms with Gasteiger partial charge in [0.1, 0.15) is 0 Å². The summed E-state index contributed by atoms with van der Waals surface area (Å²) in [5, 5.41) is 0. The fourth-order valence-corrected chi connectivity index (χ4v) is 4.44. The summed E-state index contributed by atoms with van der Waals surface area (Å²) in [5.74, 6) is 0. The van der Waals surface area contributed by atoms with E-state index in [0.717, 1.165) is 59.6 Å². The Bertz CT molecular complexity index is 1240. The van der Waals surface area contributed by atoms with E-state index in [2.05, 4.69) is 112 Å². The van der Waals surface area contributed by atoms with Crippen LogP contribution in [0.4, 0.5) is 5.69 Å². The highest BCUT2D eigenvalue weighted by Gasteiger charge is 2.17. The second kappa shape index (κ2) is 10.5. The number of benzene rings is 2. The molecule has 0 spiro atoms. The first-order valence-electron chi connectivity index (χ1n) is 12.1. The first-order valence-corrected chi connectivity index (χ1v) is 12.1. The molecule has 1 aromatic heterocycles. The van der Waals surface area contributed by atoms with E-state index in [-0.39, 0.29) is 0 Å². The normalized spacial score (nSPS) is 12.1. The maximum atomic E-state index is 5.12. The van der Waals surface area contributed by atoms with E-state index >= 15 is 0 Å². The van der Waals surface area contributed by atoms with Crippen LogP contribution >= 0.6 is 0 Å². The summed E-state index contributed by atoms with van der Waals surface area (Å²) in [6, 6.07) is 19.6. The zero-order valence-corrected chi connectivity index (χ0v) is 20.6. The quantitative estimate of drug-likeness (QED) is 0.309. The first-order chi connectivity index (χ1) is 16.5. The molecule has 0 saturated heterocycles. The predicted octanol–water partition coefficient (Wildman–Crippen LogP) is 8.01. The molecule has 34 heavy (non-hydrogen) atoms. The van der Waals surface area contributed by atoms with Gasteiger partial charge in [-0.1, -0.05) is 79.8 Å². The van der Waals surface area contributed by atoms with Gasteiger partial charge in [-0.2, -0.15) is 0 Å². The molecule has 2 bridgehead atoms. The van der Waals surface area contributed by atoms with Gasteiger partial charge < -0.3 is 4.90 Å². The maximum Gasteiger partial charge on any atom is 0.0744 e. The third kappa shape index (κ3) is 4.97. The van der Waals surface area contributed by atoms with E-state index in [1.165, 1.54) is 22.4 Å². The molecule has 0 atom stereocenters. The van der Waals surface area contributed by atoms with Crippen LogP contribution in [-0.2, 0) is 0 Å². The maximum absolute atomic E-state index is 5.12. The van der Waals surface area contributed by atoms with Crippen LogP contribution in [0.25, 0.3) is 17.2 Å². The summed E-state index contributed by atoms with van der Waals surface area (Å²) in [5.41, 5.74) is 11.2. The van der Waals surface area contributed by atoms with Gasteiger partial charge in [0.2, 0.25) is 0 Å². The van der Waals surface area contributed by atoms with Gasteiger partial charge in [-0.3, -0.25) is 0 Å². The lowest BCUT2D eigenvalue weighted by Gasteiger charge is -2.24. The number of allylic oxidation sites excluding steroid dienone is 2. The van der Waals surface area contributed by atoms with E-state index < -0.39 is 0 Å². The van der Waals surface area contributed by atoms with Gasteiger partial charge in [-0.05, 0) is 67.1 Å². The zero-order chi connectivity index (χ0) is 24.1. The lowest BCUT2D eigenvalue weighted by molar-refractivity contribution is 0.765. The molecule has 1 aliphatic carbocycles. The van der Waals surface area contributed by atoms with Crippen LogP contribution in [0, 0.1) is 13.8 Å². The van der Waals surface area contributed by atoms with Crippen LogP contribution in [-0.4, -0.2) is 18.1 Å². The highest BCUT2D eigenvalue weighted by molar-refractivity contribution is 5.86. The molecule has 0 unspecified atom stereocenters. The van der Waals surface area contributed by atoms with Crippen molar-refractivity contribution in [1.82, 2.24) is 4.98 Å². The Kier molecular flexibility index (Phi) is 7.27. The van der Waals surface area contributed by atoms with Crippen LogP contribution in [0.2, 0.25) is 0 Å². The summed E-state index contributed by atoms with van der Waals surface area (Å²) < 4.78 is 0. The van der Waals surface area contributed by atoms with Crippen LogP contribution < -0.4 is 4.90 Å². The van der Waals surface area contributed by atoms with E-state index in [4.69, 9.17) is 4.98 Å². The molecule has 2 nitrogen and oxygen atoms in total. The van der Waals surface area contributed by atoms with Gasteiger partial charge in [-0.15, -0.1) is 6.58 Å². The average molecular weight is 447 g/mol. The van der Waals surface area contributed by atoms with Crippen molar-refractivity contribution in [3.8, 4) is 0 Å². The van der Waals surface area contributed by atoms with E-state index in [9.17, 15) is 0 Å². The summed E-state index contributed by atoms with van der Waals surface area (Å²) >= 11 is 0. The summed E-state index contributed by atoms with van der Waals surface area (Å²) in [7, 11) is 0. The van der Waals surface area contributed by atoms with Crippen molar-refractivity contribution in [2.75, 3.05) is 18.0 Å². The van der Waals surface area contributed by atoms with Crippen LogP contribution in [0.5, 0.6) is 0 Å². The Morgan fingerprint density at radius 1 is 1.00 bits per heavy atom. The van der Waals surface area contributed by atoms with Gasteiger partial charge in [0.15, 0.2) is 0 Å². The minimum absolute atomic E-state index is 0.957. The second-order valence-electron chi connectivity index (χ2n) is 8.97. The molecule has 0 aliphatic heterocycles. The molecular weight excluding hydrogens is 412 g/mol. The summed E-state index contributed by atoms with van der Waals surface area (Å²) in [6.07, 6.45) is 10.5. The fourth-order valence-electron chi connectivity index (χ4n) is 4.44. The number of aromatic nitrogens is 1. The van der Waals surface area contributed by atoms with Crippen molar-refractivity contribution in [2.45, 2.75) is 33.6 Å². The lowest BCUT2D eigenvalue weighted by atomic mass is 9.95. The highest BCUT2D eigenvalue weighted by Crippen LogP contribution is 2.33. The number of aryl methyl sites for hydroxylation is 1. The van der Waals surface area contributed by atoms with Crippen molar-refractivity contribution < 1.29 is 0 Å². The first kappa shape index (κ1) is 23.5. The molecule has 0 radical (unpaired) electrons. The molecule has 0 fully saturated rings. The van der Waals surface area contributed by atoms with Crippen LogP contribution in [0.1, 0.15) is 59.0 Å². The van der Waals surface area contributed by atoms with Crippen molar-refractivity contribution in [1.29, 1.82) is 0 Å². The fraction of sp³-hybridized carbons (Fsp3) is 0.219. The lowest BCUT2D eigenvalue weighted by Crippen LogP contribution is -2.24. The van der Waals surface area contributed by atoms with Crippen molar-refractivity contribution >= 4 is 22.9 Å². The molecule has 0 saturated carbocycles. The highest BCUT2D eigenvalue weighted by atomic mass is 15.1. The summed E-state index contributed by atoms with van der Waals surface area (Å²) in [4.78, 5) is 7.54. The number of hydrogen-bond acceptors (Lipinski definition) is 2. The van der Waals surface area contributed by atoms with E-state index in [1.807, 2.05) is 6.08 Å². The SMILES string of the molecule is C=CCCN(CCC)c1ccc(C(=C)c2nc3cc(c2C)C=CC=C3c2ccc(C)cc2)cc1. The summed E-state index contributed by atoms with van der Waals surface area (Å²) in [6.45, 7) is 16.8. The minimum atomic E-state index is 0.957. The molecule has 1 heterocycles. The Hall–Kier alpha value is -3.65.